The van der Waals surface area contributed by atoms with Gasteiger partial charge in [0.15, 0.2) is 0 Å². The Morgan fingerprint density at radius 1 is 1.42 bits per heavy atom. The number of sulfonamides is 1. The van der Waals surface area contributed by atoms with Gasteiger partial charge in [-0.1, -0.05) is 0 Å². The molecule has 1 aromatic rings. The molecule has 1 amide bonds. The number of rotatable bonds is 6. The molecule has 0 radical (unpaired) electrons. The number of nitrogens with one attached hydrogen (secondary N) is 3. The van der Waals surface area contributed by atoms with Gasteiger partial charge in [0.25, 0.3) is 0 Å². The number of hydrogen-bond donors (Lipinski definition) is 3. The maximum absolute atomic E-state index is 12.0. The summed E-state index contributed by atoms with van der Waals surface area (Å²) in [4.78, 5) is 15.8. The molecule has 0 bridgehead atoms. The van der Waals surface area contributed by atoms with Crippen LogP contribution >= 0.6 is 24.8 Å². The topological polar surface area (TPSA) is 100 Å². The van der Waals surface area contributed by atoms with Crippen LogP contribution in [-0.2, 0) is 14.8 Å². The Morgan fingerprint density at radius 2 is 2.17 bits per heavy atom. The highest BCUT2D eigenvalue weighted by molar-refractivity contribution is 7.89. The fraction of sp³-hybridized carbons (Fsp3) is 0.571. The summed E-state index contributed by atoms with van der Waals surface area (Å²) in [7, 11) is -3.60. The third-order valence-corrected chi connectivity index (χ3v) is 5.14. The first-order chi connectivity index (χ1) is 10.5. The zero-order chi connectivity index (χ0) is 16.0. The third-order valence-electron chi connectivity index (χ3n) is 3.70. The van der Waals surface area contributed by atoms with E-state index >= 15 is 0 Å². The van der Waals surface area contributed by atoms with Gasteiger partial charge >= 0.3 is 0 Å². The van der Waals surface area contributed by atoms with Gasteiger partial charge in [-0.3, -0.25) is 9.78 Å². The lowest BCUT2D eigenvalue weighted by Gasteiger charge is -2.30. The molecule has 24 heavy (non-hydrogen) atoms. The maximum Gasteiger partial charge on any atom is 0.242 e. The van der Waals surface area contributed by atoms with E-state index in [1.54, 1.807) is 6.07 Å². The summed E-state index contributed by atoms with van der Waals surface area (Å²) in [5.41, 5.74) is 0. The van der Waals surface area contributed by atoms with Crippen molar-refractivity contribution in [2.75, 3.05) is 13.1 Å². The molecule has 1 saturated heterocycles. The van der Waals surface area contributed by atoms with Gasteiger partial charge in [-0.05, 0) is 38.4 Å². The first-order valence-electron chi connectivity index (χ1n) is 7.41. The summed E-state index contributed by atoms with van der Waals surface area (Å²) in [6.45, 7) is 3.07. The van der Waals surface area contributed by atoms with Gasteiger partial charge in [0.05, 0.1) is 0 Å². The second-order valence-electron chi connectivity index (χ2n) is 5.40. The normalized spacial score (nSPS) is 20.4. The van der Waals surface area contributed by atoms with Gasteiger partial charge < -0.3 is 10.6 Å². The quantitative estimate of drug-likeness (QED) is 0.659. The lowest BCUT2D eigenvalue weighted by atomic mass is 10.00. The number of hydrogen-bond acceptors (Lipinski definition) is 5. The predicted molar refractivity (Wildman–Crippen MR) is 97.2 cm³/mol. The largest absolute Gasteiger partial charge is 0.352 e. The summed E-state index contributed by atoms with van der Waals surface area (Å²) >= 11 is 0. The summed E-state index contributed by atoms with van der Waals surface area (Å²) in [6.07, 6.45) is 4.87. The number of carbonyl (C=O) groups excluding carboxylic acids is 1. The highest BCUT2D eigenvalue weighted by Crippen LogP contribution is 2.08. The molecule has 1 fully saturated rings. The van der Waals surface area contributed by atoms with Gasteiger partial charge in [0.1, 0.15) is 4.90 Å². The number of carbonyl (C=O) groups is 1. The van der Waals surface area contributed by atoms with Crippen molar-refractivity contribution in [3.8, 4) is 0 Å². The van der Waals surface area contributed by atoms with E-state index in [4.69, 9.17) is 0 Å². The average molecular weight is 399 g/mol. The Kier molecular flexibility index (Phi) is 10.4. The number of pyridine rings is 1. The molecule has 1 aliphatic heterocycles. The summed E-state index contributed by atoms with van der Waals surface area (Å²) in [5.74, 6) is -0.144. The van der Waals surface area contributed by atoms with Crippen molar-refractivity contribution in [1.82, 2.24) is 20.3 Å². The van der Waals surface area contributed by atoms with Crippen molar-refractivity contribution in [3.05, 3.63) is 24.5 Å². The van der Waals surface area contributed by atoms with Crippen LogP contribution in [0.2, 0.25) is 0 Å². The molecular weight excluding hydrogens is 375 g/mol. The fourth-order valence-electron chi connectivity index (χ4n) is 2.41. The molecule has 0 spiro atoms. The minimum absolute atomic E-state index is 0. The Bertz CT molecular complexity index is 601. The van der Waals surface area contributed by atoms with Crippen molar-refractivity contribution in [1.29, 1.82) is 0 Å². The molecule has 3 N–H and O–H groups in total. The van der Waals surface area contributed by atoms with Crippen LogP contribution in [0.25, 0.3) is 0 Å². The second kappa shape index (κ2) is 10.8. The van der Waals surface area contributed by atoms with E-state index in [0.717, 1.165) is 19.4 Å². The molecule has 0 saturated carbocycles. The molecule has 2 rings (SSSR count). The average Bonchev–Trinajstić information content (AvgIpc) is 2.50. The van der Waals surface area contributed by atoms with E-state index in [1.165, 1.54) is 18.5 Å². The number of piperidine rings is 1. The number of nitrogens with zero attached hydrogens (tertiary/aromatic N) is 1. The van der Waals surface area contributed by atoms with E-state index in [-0.39, 0.29) is 60.7 Å². The van der Waals surface area contributed by atoms with Crippen molar-refractivity contribution in [3.63, 3.8) is 0 Å². The molecule has 0 aromatic carbocycles. The van der Waals surface area contributed by atoms with Gasteiger partial charge in [0.2, 0.25) is 15.9 Å². The lowest BCUT2D eigenvalue weighted by Crippen LogP contribution is -2.52. The Morgan fingerprint density at radius 3 is 2.79 bits per heavy atom. The van der Waals surface area contributed by atoms with E-state index in [9.17, 15) is 13.2 Å². The van der Waals surface area contributed by atoms with Crippen molar-refractivity contribution >= 4 is 40.7 Å². The monoisotopic (exact) mass is 398 g/mol. The van der Waals surface area contributed by atoms with Gasteiger partial charge in [-0.2, -0.15) is 0 Å². The predicted octanol–water partition coefficient (Wildman–Crippen LogP) is 0.850. The molecule has 1 aromatic heterocycles. The number of aromatic nitrogens is 1. The van der Waals surface area contributed by atoms with Gasteiger partial charge in [0, 0.05) is 37.4 Å². The van der Waals surface area contributed by atoms with E-state index in [1.807, 2.05) is 6.92 Å². The van der Waals surface area contributed by atoms with Crippen LogP contribution < -0.4 is 15.4 Å². The number of halogens is 2. The van der Waals surface area contributed by atoms with E-state index in [2.05, 4.69) is 20.3 Å². The smallest absolute Gasteiger partial charge is 0.242 e. The zero-order valence-corrected chi connectivity index (χ0v) is 15.8. The third kappa shape index (κ3) is 6.90. The van der Waals surface area contributed by atoms with Crippen LogP contribution in [0.5, 0.6) is 0 Å². The maximum atomic E-state index is 12.0. The van der Waals surface area contributed by atoms with Crippen molar-refractivity contribution in [2.45, 2.75) is 43.2 Å². The summed E-state index contributed by atoms with van der Waals surface area (Å²) in [5, 5.41) is 6.25. The molecule has 0 aliphatic carbocycles. The Hall–Kier alpha value is -0.930. The highest BCUT2D eigenvalue weighted by atomic mass is 35.5. The minimum Gasteiger partial charge on any atom is -0.352 e. The summed E-state index contributed by atoms with van der Waals surface area (Å²) < 4.78 is 26.3. The fourth-order valence-corrected chi connectivity index (χ4v) is 3.40. The molecular formula is C14H24Cl2N4O3S. The molecule has 2 atom stereocenters. The SMILES string of the molecule is CC1NCCCC1NC(=O)CCNS(=O)(=O)c1cccnc1.Cl.Cl. The van der Waals surface area contributed by atoms with Crippen LogP contribution in [0.15, 0.2) is 29.4 Å². The number of amides is 1. The lowest BCUT2D eigenvalue weighted by molar-refractivity contribution is -0.122. The second-order valence-corrected chi connectivity index (χ2v) is 7.16. The van der Waals surface area contributed by atoms with Crippen molar-refractivity contribution in [2.24, 2.45) is 0 Å². The molecule has 2 unspecified atom stereocenters. The van der Waals surface area contributed by atoms with Gasteiger partial charge in [-0.15, -0.1) is 24.8 Å². The molecule has 2 heterocycles. The van der Waals surface area contributed by atoms with Crippen molar-refractivity contribution < 1.29 is 13.2 Å². The summed E-state index contributed by atoms with van der Waals surface area (Å²) in [6, 6.07) is 3.37. The molecule has 1 aliphatic rings. The first kappa shape index (κ1) is 23.1. The zero-order valence-electron chi connectivity index (χ0n) is 13.4. The Balaban J connectivity index is 0.00000264. The van der Waals surface area contributed by atoms with Crippen LogP contribution in [0.1, 0.15) is 26.2 Å². The molecule has 10 heteroatoms. The molecule has 7 nitrogen and oxygen atoms in total. The van der Waals surface area contributed by atoms with E-state index < -0.39 is 10.0 Å². The molecule has 138 valence electrons. The highest BCUT2D eigenvalue weighted by Gasteiger charge is 2.22. The minimum atomic E-state index is -3.60. The first-order valence-corrected chi connectivity index (χ1v) is 8.90. The standard InChI is InChI=1S/C14H22N4O3S.2ClH/c1-11-13(5-3-8-16-11)18-14(19)6-9-17-22(20,21)12-4-2-7-15-10-12;;/h2,4,7,10-11,13,16-17H,3,5-6,8-9H2,1H3,(H,18,19);2*1H. The Labute approximate surface area is 155 Å². The van der Waals surface area contributed by atoms with Crippen LogP contribution in [-0.4, -0.2) is 44.5 Å². The van der Waals surface area contributed by atoms with E-state index in [0.29, 0.717) is 0 Å². The van der Waals surface area contributed by atoms with Crippen LogP contribution in [0, 0.1) is 0 Å². The van der Waals surface area contributed by atoms with Crippen LogP contribution in [0.3, 0.4) is 0 Å². The van der Waals surface area contributed by atoms with Crippen LogP contribution in [0.4, 0.5) is 0 Å². The van der Waals surface area contributed by atoms with Gasteiger partial charge in [-0.25, -0.2) is 13.1 Å².